The Morgan fingerprint density at radius 3 is 2.80 bits per heavy atom. The normalized spacial score (nSPS) is 11.1. The molecule has 0 unspecified atom stereocenters. The number of amides is 1. The Balaban J connectivity index is 1.48. The van der Waals surface area contributed by atoms with Gasteiger partial charge in [0.15, 0.2) is 28.1 Å². The molecule has 4 rings (SSSR count). The number of rotatable bonds is 6. The lowest BCUT2D eigenvalue weighted by atomic mass is 10.1. The molecule has 2 aromatic heterocycles. The van der Waals surface area contributed by atoms with Crippen LogP contribution in [-0.2, 0) is 11.8 Å². The number of methoxy groups -OCH3 is 1. The van der Waals surface area contributed by atoms with Crippen molar-refractivity contribution in [1.29, 1.82) is 0 Å². The quantitative estimate of drug-likeness (QED) is 0.458. The van der Waals surface area contributed by atoms with Crippen LogP contribution in [0.1, 0.15) is 11.1 Å². The fourth-order valence-electron chi connectivity index (χ4n) is 3.17. The molecule has 0 saturated carbocycles. The van der Waals surface area contributed by atoms with Gasteiger partial charge in [0.1, 0.15) is 0 Å². The smallest absolute Gasteiger partial charge is 0.234 e. The Hall–Kier alpha value is -3.26. The van der Waals surface area contributed by atoms with Crippen molar-refractivity contribution in [2.75, 3.05) is 18.2 Å². The van der Waals surface area contributed by atoms with Crippen LogP contribution < -0.4 is 10.1 Å². The van der Waals surface area contributed by atoms with E-state index < -0.39 is 0 Å². The zero-order valence-corrected chi connectivity index (χ0v) is 18.0. The topological polar surface area (TPSA) is 82.2 Å². The summed E-state index contributed by atoms with van der Waals surface area (Å²) in [5.74, 6) is 1.99. The number of aromatic nitrogens is 3. The molecule has 0 aliphatic heterocycles. The average Bonchev–Trinajstić information content (AvgIpc) is 3.32. The van der Waals surface area contributed by atoms with Crippen LogP contribution in [0.3, 0.4) is 0 Å². The second-order valence-electron chi connectivity index (χ2n) is 6.94. The second-order valence-corrected chi connectivity index (χ2v) is 7.88. The van der Waals surface area contributed by atoms with Crippen LogP contribution >= 0.6 is 11.8 Å². The number of nitrogens with zero attached hydrogens (tertiary/aromatic N) is 3. The molecule has 0 atom stereocenters. The van der Waals surface area contributed by atoms with E-state index in [0.29, 0.717) is 28.1 Å². The summed E-state index contributed by atoms with van der Waals surface area (Å²) in [4.78, 5) is 12.4. The first-order valence-electron chi connectivity index (χ1n) is 9.43. The number of furan rings is 1. The van der Waals surface area contributed by atoms with Gasteiger partial charge in [-0.05, 0) is 43.2 Å². The lowest BCUT2D eigenvalue weighted by Gasteiger charge is -2.10. The highest BCUT2D eigenvalue weighted by atomic mass is 32.2. The van der Waals surface area contributed by atoms with Gasteiger partial charge in [0, 0.05) is 18.1 Å². The Bertz CT molecular complexity index is 1230. The molecule has 0 saturated heterocycles. The number of carbonyl (C=O) groups is 1. The zero-order valence-electron chi connectivity index (χ0n) is 17.2. The van der Waals surface area contributed by atoms with E-state index in [-0.39, 0.29) is 11.7 Å². The van der Waals surface area contributed by atoms with Gasteiger partial charge in [-0.15, -0.1) is 10.2 Å². The lowest BCUT2D eigenvalue weighted by Crippen LogP contribution is -2.15. The van der Waals surface area contributed by atoms with Gasteiger partial charge in [0.2, 0.25) is 5.91 Å². The maximum absolute atomic E-state index is 12.4. The number of hydrogen-bond acceptors (Lipinski definition) is 6. The molecular formula is C22H22N4O3S. The fraction of sp³-hybridized carbons (Fsp3) is 0.227. The molecule has 8 heteroatoms. The molecule has 0 aliphatic rings. The summed E-state index contributed by atoms with van der Waals surface area (Å²) in [5, 5.41) is 13.0. The van der Waals surface area contributed by atoms with Crippen molar-refractivity contribution < 1.29 is 13.9 Å². The number of hydrogen-bond donors (Lipinski definition) is 1. The minimum Gasteiger partial charge on any atom is -0.493 e. The molecule has 0 spiro atoms. The monoisotopic (exact) mass is 422 g/mol. The standard InChI is InChI=1S/C22H22N4O3S/c1-13-7-5-9-16(14(13)2)23-19(27)12-30-22-25-24-21(26(22)3)18-11-15-8-6-10-17(28-4)20(15)29-18/h5-11H,12H2,1-4H3,(H,23,27). The summed E-state index contributed by atoms with van der Waals surface area (Å²) in [7, 11) is 3.46. The van der Waals surface area contributed by atoms with Crippen molar-refractivity contribution in [3.8, 4) is 17.3 Å². The van der Waals surface area contributed by atoms with Crippen molar-refractivity contribution in [3.05, 3.63) is 53.6 Å². The molecule has 0 radical (unpaired) electrons. The molecule has 4 aromatic rings. The molecular weight excluding hydrogens is 400 g/mol. The van der Waals surface area contributed by atoms with Crippen LogP contribution in [0.5, 0.6) is 5.75 Å². The average molecular weight is 423 g/mol. The number of aryl methyl sites for hydroxylation is 1. The van der Waals surface area contributed by atoms with Crippen molar-refractivity contribution in [2.45, 2.75) is 19.0 Å². The van der Waals surface area contributed by atoms with E-state index in [1.54, 1.807) is 7.11 Å². The van der Waals surface area contributed by atoms with Gasteiger partial charge in [0.25, 0.3) is 0 Å². The van der Waals surface area contributed by atoms with E-state index in [1.165, 1.54) is 11.8 Å². The predicted octanol–water partition coefficient (Wildman–Crippen LogP) is 4.58. The molecule has 0 aliphatic carbocycles. The molecule has 2 aromatic carbocycles. The van der Waals surface area contributed by atoms with E-state index in [9.17, 15) is 4.79 Å². The minimum absolute atomic E-state index is 0.0910. The number of nitrogens with one attached hydrogen (secondary N) is 1. The first-order chi connectivity index (χ1) is 14.5. The number of anilines is 1. The summed E-state index contributed by atoms with van der Waals surface area (Å²) in [6.07, 6.45) is 0. The number of ether oxygens (including phenoxy) is 1. The van der Waals surface area contributed by atoms with Crippen LogP contribution in [0.4, 0.5) is 5.69 Å². The van der Waals surface area contributed by atoms with Crippen LogP contribution in [0, 0.1) is 13.8 Å². The predicted molar refractivity (Wildman–Crippen MR) is 118 cm³/mol. The summed E-state index contributed by atoms with van der Waals surface area (Å²) in [6.45, 7) is 4.02. The summed E-state index contributed by atoms with van der Waals surface area (Å²) >= 11 is 1.33. The first-order valence-corrected chi connectivity index (χ1v) is 10.4. The number of para-hydroxylation sites is 1. The Morgan fingerprint density at radius 2 is 2.00 bits per heavy atom. The van der Waals surface area contributed by atoms with Gasteiger partial charge in [-0.1, -0.05) is 36.0 Å². The molecule has 1 N–H and O–H groups in total. The maximum Gasteiger partial charge on any atom is 0.234 e. The fourth-order valence-corrected chi connectivity index (χ4v) is 3.88. The molecule has 0 fully saturated rings. The summed E-state index contributed by atoms with van der Waals surface area (Å²) in [6, 6.07) is 13.5. The lowest BCUT2D eigenvalue weighted by molar-refractivity contribution is -0.113. The van der Waals surface area contributed by atoms with Gasteiger partial charge in [-0.25, -0.2) is 0 Å². The Morgan fingerprint density at radius 1 is 1.20 bits per heavy atom. The van der Waals surface area contributed by atoms with E-state index in [4.69, 9.17) is 9.15 Å². The molecule has 2 heterocycles. The highest BCUT2D eigenvalue weighted by molar-refractivity contribution is 7.99. The minimum atomic E-state index is -0.0910. The van der Waals surface area contributed by atoms with Crippen molar-refractivity contribution in [2.24, 2.45) is 7.05 Å². The third kappa shape index (κ3) is 3.78. The summed E-state index contributed by atoms with van der Waals surface area (Å²) < 4.78 is 13.1. The largest absolute Gasteiger partial charge is 0.493 e. The molecule has 1 amide bonds. The molecule has 0 bridgehead atoms. The Labute approximate surface area is 178 Å². The maximum atomic E-state index is 12.4. The van der Waals surface area contributed by atoms with Crippen LogP contribution in [0.2, 0.25) is 0 Å². The van der Waals surface area contributed by atoms with Gasteiger partial charge in [-0.3, -0.25) is 4.79 Å². The third-order valence-corrected chi connectivity index (χ3v) is 6.01. The van der Waals surface area contributed by atoms with E-state index in [0.717, 1.165) is 22.2 Å². The third-order valence-electron chi connectivity index (χ3n) is 4.99. The highest BCUT2D eigenvalue weighted by Gasteiger charge is 2.18. The van der Waals surface area contributed by atoms with Crippen LogP contribution in [-0.4, -0.2) is 33.5 Å². The second kappa shape index (κ2) is 8.23. The number of benzene rings is 2. The highest BCUT2D eigenvalue weighted by Crippen LogP contribution is 2.33. The molecule has 7 nitrogen and oxygen atoms in total. The van der Waals surface area contributed by atoms with E-state index in [1.807, 2.05) is 67.9 Å². The SMILES string of the molecule is COc1cccc2cc(-c3nnc(SCC(=O)Nc4cccc(C)c4C)n3C)oc12. The van der Waals surface area contributed by atoms with Crippen molar-refractivity contribution >= 4 is 34.3 Å². The molecule has 154 valence electrons. The zero-order chi connectivity index (χ0) is 21.3. The first kappa shape index (κ1) is 20.0. The van der Waals surface area contributed by atoms with Crippen LogP contribution in [0.15, 0.2) is 52.0 Å². The van der Waals surface area contributed by atoms with Gasteiger partial charge in [-0.2, -0.15) is 0 Å². The number of fused-ring (bicyclic) bond motifs is 1. The number of carbonyl (C=O) groups excluding carboxylic acids is 1. The van der Waals surface area contributed by atoms with Gasteiger partial charge in [0.05, 0.1) is 12.9 Å². The Kier molecular flexibility index (Phi) is 5.50. The van der Waals surface area contributed by atoms with Gasteiger partial charge < -0.3 is 19.0 Å². The van der Waals surface area contributed by atoms with Gasteiger partial charge >= 0.3 is 0 Å². The van der Waals surface area contributed by atoms with E-state index >= 15 is 0 Å². The van der Waals surface area contributed by atoms with E-state index in [2.05, 4.69) is 15.5 Å². The van der Waals surface area contributed by atoms with Crippen molar-refractivity contribution in [3.63, 3.8) is 0 Å². The van der Waals surface area contributed by atoms with Crippen molar-refractivity contribution in [1.82, 2.24) is 14.8 Å². The van der Waals surface area contributed by atoms with Crippen LogP contribution in [0.25, 0.3) is 22.6 Å². The number of thioether (sulfide) groups is 1. The molecule has 30 heavy (non-hydrogen) atoms. The summed E-state index contributed by atoms with van der Waals surface area (Å²) in [5.41, 5.74) is 3.70.